The minimum atomic E-state index is -0.551. The van der Waals surface area contributed by atoms with Gasteiger partial charge in [-0.25, -0.2) is 0 Å². The molecule has 0 aromatic carbocycles. The molecular weight excluding hydrogens is 218 g/mol. The van der Waals surface area contributed by atoms with Crippen molar-refractivity contribution < 1.29 is 5.11 Å². The molecule has 1 unspecified atom stereocenters. The summed E-state index contributed by atoms with van der Waals surface area (Å²) in [6, 6.07) is 0. The summed E-state index contributed by atoms with van der Waals surface area (Å²) in [4.78, 5) is 0. The average Bonchev–Trinajstić information content (AvgIpc) is 2.46. The molecule has 0 heterocycles. The minimum absolute atomic E-state index is 0.551. The molecule has 1 aliphatic rings. The lowest BCUT2D eigenvalue weighted by Gasteiger charge is -2.24. The zero-order valence-electron chi connectivity index (χ0n) is 10.8. The van der Waals surface area contributed by atoms with Gasteiger partial charge in [0.1, 0.15) is 0 Å². The molecule has 2 N–H and O–H groups in total. The minimum Gasteiger partial charge on any atom is -0.388 e. The van der Waals surface area contributed by atoms with Gasteiger partial charge in [0.2, 0.25) is 0 Å². The maximum atomic E-state index is 10.0. The second-order valence-corrected chi connectivity index (χ2v) is 6.28. The van der Waals surface area contributed by atoms with Crippen LogP contribution in [-0.2, 0) is 0 Å². The van der Waals surface area contributed by atoms with Gasteiger partial charge in [-0.15, -0.1) is 0 Å². The SMILES string of the molecule is CSCC(C)(O)CNCC1CCCCCC1. The molecular formula is C13H27NOS. The number of aliphatic hydroxyl groups is 1. The number of hydrogen-bond acceptors (Lipinski definition) is 3. The van der Waals surface area contributed by atoms with Gasteiger partial charge in [0.15, 0.2) is 0 Å². The summed E-state index contributed by atoms with van der Waals surface area (Å²) in [5, 5.41) is 13.5. The molecule has 0 radical (unpaired) electrons. The van der Waals surface area contributed by atoms with E-state index >= 15 is 0 Å². The van der Waals surface area contributed by atoms with E-state index in [0.29, 0.717) is 0 Å². The summed E-state index contributed by atoms with van der Waals surface area (Å²) in [6.45, 7) is 3.73. The average molecular weight is 245 g/mol. The molecule has 1 aliphatic carbocycles. The summed E-state index contributed by atoms with van der Waals surface area (Å²) < 4.78 is 0. The monoisotopic (exact) mass is 245 g/mol. The van der Waals surface area contributed by atoms with E-state index in [1.54, 1.807) is 11.8 Å². The Morgan fingerprint density at radius 1 is 1.25 bits per heavy atom. The van der Waals surface area contributed by atoms with Crippen LogP contribution in [0.15, 0.2) is 0 Å². The Labute approximate surface area is 105 Å². The van der Waals surface area contributed by atoms with Crippen LogP contribution in [0.3, 0.4) is 0 Å². The molecule has 16 heavy (non-hydrogen) atoms. The number of thioether (sulfide) groups is 1. The maximum Gasteiger partial charge on any atom is 0.0833 e. The smallest absolute Gasteiger partial charge is 0.0833 e. The fourth-order valence-corrected chi connectivity index (χ4v) is 3.20. The van der Waals surface area contributed by atoms with Crippen LogP contribution < -0.4 is 5.32 Å². The van der Waals surface area contributed by atoms with Crippen LogP contribution in [0.5, 0.6) is 0 Å². The number of rotatable bonds is 6. The molecule has 0 aliphatic heterocycles. The van der Waals surface area contributed by atoms with Crippen molar-refractivity contribution in [2.75, 3.05) is 25.1 Å². The summed E-state index contributed by atoms with van der Waals surface area (Å²) in [5.74, 6) is 1.65. The first kappa shape index (κ1) is 14.3. The molecule has 0 aromatic rings. The van der Waals surface area contributed by atoms with Gasteiger partial charge in [0, 0.05) is 12.3 Å². The van der Waals surface area contributed by atoms with E-state index in [4.69, 9.17) is 0 Å². The van der Waals surface area contributed by atoms with E-state index < -0.39 is 5.60 Å². The summed E-state index contributed by atoms with van der Waals surface area (Å²) in [6.07, 6.45) is 10.4. The Hall–Kier alpha value is 0.270. The highest BCUT2D eigenvalue weighted by Gasteiger charge is 2.20. The predicted octanol–water partition coefficient (Wildman–Crippen LogP) is 2.66. The van der Waals surface area contributed by atoms with E-state index in [0.717, 1.165) is 24.8 Å². The third-order valence-corrected chi connectivity index (χ3v) is 4.28. The predicted molar refractivity (Wildman–Crippen MR) is 73.1 cm³/mol. The van der Waals surface area contributed by atoms with Gasteiger partial charge in [-0.05, 0) is 38.5 Å². The van der Waals surface area contributed by atoms with Gasteiger partial charge < -0.3 is 10.4 Å². The highest BCUT2D eigenvalue weighted by atomic mass is 32.2. The summed E-state index contributed by atoms with van der Waals surface area (Å²) in [5.41, 5.74) is -0.551. The van der Waals surface area contributed by atoms with Gasteiger partial charge >= 0.3 is 0 Å². The van der Waals surface area contributed by atoms with Crippen molar-refractivity contribution in [1.29, 1.82) is 0 Å². The van der Waals surface area contributed by atoms with E-state index in [1.165, 1.54) is 38.5 Å². The first-order valence-corrected chi connectivity index (χ1v) is 7.95. The van der Waals surface area contributed by atoms with Gasteiger partial charge in [0.05, 0.1) is 5.60 Å². The van der Waals surface area contributed by atoms with Crippen molar-refractivity contribution in [3.8, 4) is 0 Å². The normalized spacial score (nSPS) is 22.7. The first-order valence-electron chi connectivity index (χ1n) is 6.56. The fraction of sp³-hybridized carbons (Fsp3) is 1.00. The van der Waals surface area contributed by atoms with Crippen LogP contribution in [0.2, 0.25) is 0 Å². The van der Waals surface area contributed by atoms with Gasteiger partial charge in [-0.2, -0.15) is 11.8 Å². The van der Waals surface area contributed by atoms with Crippen LogP contribution in [0.25, 0.3) is 0 Å². The quantitative estimate of drug-likeness (QED) is 0.706. The van der Waals surface area contributed by atoms with Gasteiger partial charge in [0.25, 0.3) is 0 Å². The van der Waals surface area contributed by atoms with Crippen LogP contribution >= 0.6 is 11.8 Å². The Kier molecular flexibility index (Phi) is 6.78. The molecule has 0 amide bonds. The van der Waals surface area contributed by atoms with Crippen molar-refractivity contribution >= 4 is 11.8 Å². The standard InChI is InChI=1S/C13H27NOS/c1-13(15,11-16-2)10-14-9-12-7-5-3-4-6-8-12/h12,14-15H,3-11H2,1-2H3. The maximum absolute atomic E-state index is 10.0. The van der Waals surface area contributed by atoms with Gasteiger partial charge in [-0.3, -0.25) is 0 Å². The lowest BCUT2D eigenvalue weighted by atomic mass is 10.00. The first-order chi connectivity index (χ1) is 7.64. The van der Waals surface area contributed by atoms with Crippen molar-refractivity contribution in [2.45, 2.75) is 51.0 Å². The topological polar surface area (TPSA) is 32.3 Å². The zero-order valence-corrected chi connectivity index (χ0v) is 11.6. The lowest BCUT2D eigenvalue weighted by Crippen LogP contribution is -2.41. The molecule has 0 bridgehead atoms. The summed E-state index contributed by atoms with van der Waals surface area (Å²) in [7, 11) is 0. The molecule has 1 fully saturated rings. The van der Waals surface area contributed by atoms with Crippen LogP contribution in [0.4, 0.5) is 0 Å². The van der Waals surface area contributed by atoms with E-state index in [1.807, 2.05) is 13.2 Å². The molecule has 96 valence electrons. The third-order valence-electron chi connectivity index (χ3n) is 3.37. The van der Waals surface area contributed by atoms with E-state index in [-0.39, 0.29) is 0 Å². The molecule has 1 rings (SSSR count). The molecule has 2 nitrogen and oxygen atoms in total. The highest BCUT2D eigenvalue weighted by Crippen LogP contribution is 2.22. The third kappa shape index (κ3) is 6.12. The highest BCUT2D eigenvalue weighted by molar-refractivity contribution is 7.98. The number of nitrogens with one attached hydrogen (secondary N) is 1. The molecule has 1 atom stereocenters. The largest absolute Gasteiger partial charge is 0.388 e. The van der Waals surface area contributed by atoms with Crippen molar-refractivity contribution in [3.05, 3.63) is 0 Å². The molecule has 1 saturated carbocycles. The fourth-order valence-electron chi connectivity index (χ4n) is 2.48. The van der Waals surface area contributed by atoms with Crippen molar-refractivity contribution in [1.82, 2.24) is 5.32 Å². The van der Waals surface area contributed by atoms with Crippen LogP contribution in [-0.4, -0.2) is 35.8 Å². The second kappa shape index (κ2) is 7.57. The lowest BCUT2D eigenvalue weighted by molar-refractivity contribution is 0.0835. The van der Waals surface area contributed by atoms with Crippen molar-refractivity contribution in [3.63, 3.8) is 0 Å². The van der Waals surface area contributed by atoms with Gasteiger partial charge in [-0.1, -0.05) is 25.7 Å². The zero-order chi connectivity index (χ0) is 11.9. The Morgan fingerprint density at radius 2 is 1.88 bits per heavy atom. The Morgan fingerprint density at radius 3 is 2.44 bits per heavy atom. The Bertz CT molecular complexity index is 177. The van der Waals surface area contributed by atoms with Crippen LogP contribution in [0.1, 0.15) is 45.4 Å². The molecule has 0 spiro atoms. The molecule has 0 saturated heterocycles. The summed E-state index contributed by atoms with van der Waals surface area (Å²) >= 11 is 1.71. The van der Waals surface area contributed by atoms with Crippen LogP contribution in [0, 0.1) is 5.92 Å². The molecule has 0 aromatic heterocycles. The molecule has 3 heteroatoms. The van der Waals surface area contributed by atoms with E-state index in [2.05, 4.69) is 5.32 Å². The van der Waals surface area contributed by atoms with Crippen molar-refractivity contribution in [2.24, 2.45) is 5.92 Å². The second-order valence-electron chi connectivity index (χ2n) is 5.42. The Balaban J connectivity index is 2.13. The van der Waals surface area contributed by atoms with E-state index in [9.17, 15) is 5.11 Å². The number of hydrogen-bond donors (Lipinski definition) is 2.